The molecule has 94 valence electrons. The Morgan fingerprint density at radius 3 is 2.88 bits per heavy atom. The first-order valence-electron chi connectivity index (χ1n) is 6.64. The molecule has 3 rings (SSSR count). The Bertz CT molecular complexity index is 378. The van der Waals surface area contributed by atoms with Crippen molar-refractivity contribution in [3.8, 4) is 0 Å². The van der Waals surface area contributed by atoms with Gasteiger partial charge in [-0.05, 0) is 25.7 Å². The minimum Gasteiger partial charge on any atom is -0.373 e. The molecule has 0 amide bonds. The van der Waals surface area contributed by atoms with Crippen LogP contribution in [0, 0.1) is 0 Å². The van der Waals surface area contributed by atoms with Crippen LogP contribution in [-0.2, 0) is 11.3 Å². The predicted octanol–water partition coefficient (Wildman–Crippen LogP) is 2.01. The summed E-state index contributed by atoms with van der Waals surface area (Å²) < 4.78 is 8.05. The van der Waals surface area contributed by atoms with E-state index in [1.807, 2.05) is 12.5 Å². The van der Waals surface area contributed by atoms with Crippen LogP contribution in [0.1, 0.15) is 50.3 Å². The molecular weight excluding hydrogens is 214 g/mol. The van der Waals surface area contributed by atoms with Crippen LogP contribution < -0.4 is 5.73 Å². The fourth-order valence-electron chi connectivity index (χ4n) is 2.71. The molecule has 0 saturated heterocycles. The lowest BCUT2D eigenvalue weighted by molar-refractivity contribution is 0.0714. The van der Waals surface area contributed by atoms with Crippen molar-refractivity contribution in [2.45, 2.75) is 56.7 Å². The first kappa shape index (κ1) is 11.2. The van der Waals surface area contributed by atoms with Crippen molar-refractivity contribution >= 4 is 0 Å². The van der Waals surface area contributed by atoms with Crippen molar-refractivity contribution in [1.82, 2.24) is 9.55 Å². The highest BCUT2D eigenvalue weighted by atomic mass is 16.5. The number of hydrogen-bond acceptors (Lipinski definition) is 3. The lowest BCUT2D eigenvalue weighted by atomic mass is 10.0. The normalized spacial score (nSPS) is 23.1. The van der Waals surface area contributed by atoms with Crippen LogP contribution in [0.3, 0.4) is 0 Å². The number of imidazole rings is 1. The zero-order valence-corrected chi connectivity index (χ0v) is 10.3. The second-order valence-corrected chi connectivity index (χ2v) is 5.59. The van der Waals surface area contributed by atoms with E-state index in [0.29, 0.717) is 19.3 Å². The molecule has 2 fully saturated rings. The minimum absolute atomic E-state index is 0.0650. The Morgan fingerprint density at radius 1 is 1.41 bits per heavy atom. The maximum atomic E-state index is 6.26. The summed E-state index contributed by atoms with van der Waals surface area (Å²) in [4.78, 5) is 4.20. The van der Waals surface area contributed by atoms with Gasteiger partial charge in [0.25, 0.3) is 0 Å². The van der Waals surface area contributed by atoms with Crippen molar-refractivity contribution in [3.63, 3.8) is 0 Å². The number of aromatic nitrogens is 2. The molecule has 2 N–H and O–H groups in total. The van der Waals surface area contributed by atoms with Gasteiger partial charge in [0.1, 0.15) is 0 Å². The van der Waals surface area contributed by atoms with Crippen molar-refractivity contribution < 1.29 is 4.74 Å². The van der Waals surface area contributed by atoms with Crippen LogP contribution in [0.4, 0.5) is 0 Å². The summed E-state index contributed by atoms with van der Waals surface area (Å²) in [5.74, 6) is 0. The van der Waals surface area contributed by atoms with Crippen LogP contribution in [0.2, 0.25) is 0 Å². The maximum Gasteiger partial charge on any atom is 0.0951 e. The molecule has 2 aliphatic carbocycles. The van der Waals surface area contributed by atoms with Gasteiger partial charge >= 0.3 is 0 Å². The van der Waals surface area contributed by atoms with Gasteiger partial charge in [0, 0.05) is 11.6 Å². The molecule has 1 aromatic rings. The fraction of sp³-hybridized carbons (Fsp3) is 0.769. The third-order valence-corrected chi connectivity index (χ3v) is 3.93. The largest absolute Gasteiger partial charge is 0.373 e. The van der Waals surface area contributed by atoms with E-state index in [9.17, 15) is 0 Å². The van der Waals surface area contributed by atoms with E-state index < -0.39 is 0 Å². The smallest absolute Gasteiger partial charge is 0.0951 e. The van der Waals surface area contributed by atoms with Gasteiger partial charge in [0.2, 0.25) is 0 Å². The van der Waals surface area contributed by atoms with Gasteiger partial charge in [-0.3, -0.25) is 0 Å². The SMILES string of the molecule is NC1(COCc2cncn2C2CC2)CCCC1. The molecule has 2 aliphatic rings. The highest BCUT2D eigenvalue weighted by molar-refractivity contribution is 5.02. The fourth-order valence-corrected chi connectivity index (χ4v) is 2.71. The second kappa shape index (κ2) is 4.42. The molecule has 0 atom stereocenters. The van der Waals surface area contributed by atoms with Gasteiger partial charge in [0.15, 0.2) is 0 Å². The molecule has 4 heteroatoms. The summed E-state index contributed by atoms with van der Waals surface area (Å²) in [5.41, 5.74) is 7.39. The van der Waals surface area contributed by atoms with Crippen LogP contribution in [0.15, 0.2) is 12.5 Å². The van der Waals surface area contributed by atoms with Crippen molar-refractivity contribution in [3.05, 3.63) is 18.2 Å². The van der Waals surface area contributed by atoms with E-state index in [4.69, 9.17) is 10.5 Å². The zero-order valence-electron chi connectivity index (χ0n) is 10.3. The van der Waals surface area contributed by atoms with Gasteiger partial charge in [-0.2, -0.15) is 0 Å². The molecule has 0 spiro atoms. The molecule has 0 radical (unpaired) electrons. The molecule has 0 aliphatic heterocycles. The van der Waals surface area contributed by atoms with E-state index in [1.165, 1.54) is 31.4 Å². The molecule has 1 heterocycles. The summed E-state index contributed by atoms with van der Waals surface area (Å²) in [6.07, 6.45) is 11.1. The third kappa shape index (κ3) is 2.53. The van der Waals surface area contributed by atoms with E-state index in [0.717, 1.165) is 12.8 Å². The number of nitrogens with two attached hydrogens (primary N) is 1. The average Bonchev–Trinajstić information content (AvgIpc) is 2.90. The Hall–Kier alpha value is -0.870. The van der Waals surface area contributed by atoms with Gasteiger partial charge in [-0.1, -0.05) is 12.8 Å². The van der Waals surface area contributed by atoms with Crippen LogP contribution in [0.25, 0.3) is 0 Å². The third-order valence-electron chi connectivity index (χ3n) is 3.93. The predicted molar refractivity (Wildman–Crippen MR) is 65.5 cm³/mol. The summed E-state index contributed by atoms with van der Waals surface area (Å²) in [7, 11) is 0. The number of rotatable bonds is 5. The van der Waals surface area contributed by atoms with Crippen LogP contribution in [0.5, 0.6) is 0 Å². The standard InChI is InChI=1S/C13H21N3O/c14-13(5-1-2-6-13)9-17-8-12-7-15-10-16(12)11-3-4-11/h7,10-11H,1-6,8-9,14H2. The summed E-state index contributed by atoms with van der Waals surface area (Å²) in [6, 6.07) is 0.675. The molecule has 0 bridgehead atoms. The average molecular weight is 235 g/mol. The molecule has 0 unspecified atom stereocenters. The topological polar surface area (TPSA) is 53.1 Å². The van der Waals surface area contributed by atoms with Gasteiger partial charge in [-0.15, -0.1) is 0 Å². The maximum absolute atomic E-state index is 6.26. The molecule has 2 saturated carbocycles. The monoisotopic (exact) mass is 235 g/mol. The lowest BCUT2D eigenvalue weighted by Crippen LogP contribution is -2.41. The van der Waals surface area contributed by atoms with Crippen molar-refractivity contribution in [2.24, 2.45) is 5.73 Å². The van der Waals surface area contributed by atoms with Gasteiger partial charge in [0.05, 0.1) is 31.4 Å². The highest BCUT2D eigenvalue weighted by Gasteiger charge is 2.30. The Balaban J connectivity index is 1.51. The number of hydrogen-bond donors (Lipinski definition) is 1. The van der Waals surface area contributed by atoms with Crippen molar-refractivity contribution in [2.75, 3.05) is 6.61 Å². The molecular formula is C13H21N3O. The van der Waals surface area contributed by atoms with E-state index in [2.05, 4.69) is 9.55 Å². The Morgan fingerprint density at radius 2 is 2.18 bits per heavy atom. The molecule has 17 heavy (non-hydrogen) atoms. The van der Waals surface area contributed by atoms with Gasteiger partial charge in [-0.25, -0.2) is 4.98 Å². The summed E-state index contributed by atoms with van der Waals surface area (Å²) >= 11 is 0. The van der Waals surface area contributed by atoms with E-state index in [-0.39, 0.29) is 5.54 Å². The van der Waals surface area contributed by atoms with E-state index >= 15 is 0 Å². The van der Waals surface area contributed by atoms with Crippen LogP contribution >= 0.6 is 0 Å². The first-order valence-corrected chi connectivity index (χ1v) is 6.64. The quantitative estimate of drug-likeness (QED) is 0.849. The van der Waals surface area contributed by atoms with E-state index in [1.54, 1.807) is 0 Å². The second-order valence-electron chi connectivity index (χ2n) is 5.59. The zero-order chi connectivity index (χ0) is 11.7. The molecule has 0 aromatic carbocycles. The number of ether oxygens (including phenoxy) is 1. The Kier molecular flexibility index (Phi) is 2.92. The van der Waals surface area contributed by atoms with Crippen LogP contribution in [-0.4, -0.2) is 21.7 Å². The van der Waals surface area contributed by atoms with Crippen molar-refractivity contribution in [1.29, 1.82) is 0 Å². The minimum atomic E-state index is -0.0650. The first-order chi connectivity index (χ1) is 8.27. The highest BCUT2D eigenvalue weighted by Crippen LogP contribution is 2.35. The molecule has 4 nitrogen and oxygen atoms in total. The summed E-state index contributed by atoms with van der Waals surface area (Å²) in [6.45, 7) is 1.33. The summed E-state index contributed by atoms with van der Waals surface area (Å²) in [5, 5.41) is 0. The Labute approximate surface area is 102 Å². The molecule has 1 aromatic heterocycles. The van der Waals surface area contributed by atoms with Gasteiger partial charge < -0.3 is 15.0 Å². The number of nitrogens with zero attached hydrogens (tertiary/aromatic N) is 2. The lowest BCUT2D eigenvalue weighted by Gasteiger charge is -2.23.